The van der Waals surface area contributed by atoms with Crippen molar-refractivity contribution in [1.82, 2.24) is 0 Å². The van der Waals surface area contributed by atoms with E-state index in [9.17, 15) is 9.50 Å². The maximum atomic E-state index is 11.8. The van der Waals surface area contributed by atoms with Gasteiger partial charge in [-0.25, -0.2) is 0 Å². The van der Waals surface area contributed by atoms with E-state index in [1.165, 1.54) is 0 Å². The van der Waals surface area contributed by atoms with Gasteiger partial charge in [0.05, 0.1) is 12.8 Å². The Morgan fingerprint density at radius 2 is 1.67 bits per heavy atom. The van der Waals surface area contributed by atoms with Crippen molar-refractivity contribution in [2.45, 2.75) is 38.2 Å². The molecule has 0 saturated carbocycles. The highest BCUT2D eigenvalue weighted by Gasteiger charge is 2.05. The molecule has 2 heteroatoms. The van der Waals surface area contributed by atoms with Crippen LogP contribution in [0.1, 0.15) is 43.8 Å². The van der Waals surface area contributed by atoms with Gasteiger partial charge in [0.25, 0.3) is 0 Å². The molecule has 0 fully saturated rings. The number of alkyl halides is 1. The highest BCUT2D eigenvalue weighted by molar-refractivity contribution is 5.16. The van der Waals surface area contributed by atoms with E-state index in [0.29, 0.717) is 6.42 Å². The van der Waals surface area contributed by atoms with Crippen LogP contribution >= 0.6 is 0 Å². The van der Waals surface area contributed by atoms with E-state index >= 15 is 0 Å². The number of aliphatic hydroxyl groups excluding tert-OH is 1. The predicted molar refractivity (Wildman–Crippen MR) is 60.5 cm³/mol. The quantitative estimate of drug-likeness (QED) is 0.681. The van der Waals surface area contributed by atoms with E-state index in [4.69, 9.17) is 0 Å². The third kappa shape index (κ3) is 4.93. The molecule has 1 aromatic rings. The van der Waals surface area contributed by atoms with Crippen molar-refractivity contribution in [2.75, 3.05) is 6.67 Å². The molecular weight excluding hydrogens is 191 g/mol. The van der Waals surface area contributed by atoms with Gasteiger partial charge < -0.3 is 5.11 Å². The van der Waals surface area contributed by atoms with Crippen LogP contribution in [0.3, 0.4) is 0 Å². The molecule has 1 N–H and O–H groups in total. The molecule has 0 spiro atoms. The summed E-state index contributed by atoms with van der Waals surface area (Å²) in [5.41, 5.74) is 0.975. The Bertz CT molecular complexity index is 248. The molecule has 1 nitrogen and oxygen atoms in total. The summed E-state index contributed by atoms with van der Waals surface area (Å²) in [6.45, 7) is -0.221. The lowest BCUT2D eigenvalue weighted by molar-refractivity contribution is 0.163. The summed E-state index contributed by atoms with van der Waals surface area (Å²) in [7, 11) is 0. The number of benzene rings is 1. The highest BCUT2D eigenvalue weighted by atomic mass is 19.1. The van der Waals surface area contributed by atoms with Crippen molar-refractivity contribution >= 4 is 0 Å². The van der Waals surface area contributed by atoms with Gasteiger partial charge >= 0.3 is 0 Å². The Balaban J connectivity index is 2.16. The van der Waals surface area contributed by atoms with Gasteiger partial charge in [-0.2, -0.15) is 0 Å². The van der Waals surface area contributed by atoms with Crippen molar-refractivity contribution in [3.8, 4) is 0 Å². The molecule has 15 heavy (non-hydrogen) atoms. The molecule has 84 valence electrons. The molecule has 0 heterocycles. The molecule has 0 aliphatic heterocycles. The lowest BCUT2D eigenvalue weighted by atomic mass is 10.0. The van der Waals surface area contributed by atoms with Crippen LogP contribution in [-0.4, -0.2) is 11.8 Å². The molecule has 1 rings (SSSR count). The van der Waals surface area contributed by atoms with Crippen molar-refractivity contribution in [2.24, 2.45) is 0 Å². The summed E-state index contributed by atoms with van der Waals surface area (Å²) in [6, 6.07) is 9.68. The molecule has 0 aromatic heterocycles. The first kappa shape index (κ1) is 12.2. The smallest absolute Gasteiger partial charge is 0.0894 e. The van der Waals surface area contributed by atoms with E-state index < -0.39 is 0 Å². The maximum Gasteiger partial charge on any atom is 0.0894 e. The third-order valence-corrected chi connectivity index (χ3v) is 2.55. The molecule has 1 unspecified atom stereocenters. The molecule has 0 aliphatic rings. The second-order valence-corrected chi connectivity index (χ2v) is 3.82. The van der Waals surface area contributed by atoms with E-state index in [-0.39, 0.29) is 12.8 Å². The van der Waals surface area contributed by atoms with Gasteiger partial charge in [0.15, 0.2) is 0 Å². The topological polar surface area (TPSA) is 20.2 Å². The Morgan fingerprint density at radius 3 is 2.33 bits per heavy atom. The van der Waals surface area contributed by atoms with Crippen LogP contribution in [-0.2, 0) is 0 Å². The molecule has 0 radical (unpaired) electrons. The van der Waals surface area contributed by atoms with E-state index in [1.54, 1.807) is 0 Å². The van der Waals surface area contributed by atoms with Crippen molar-refractivity contribution in [1.29, 1.82) is 0 Å². The average Bonchev–Trinajstić information content (AvgIpc) is 2.30. The van der Waals surface area contributed by atoms with E-state index in [1.807, 2.05) is 30.3 Å². The van der Waals surface area contributed by atoms with Gasteiger partial charge in [-0.05, 0) is 18.4 Å². The second-order valence-electron chi connectivity index (χ2n) is 3.82. The van der Waals surface area contributed by atoms with E-state index in [2.05, 4.69) is 0 Å². The van der Waals surface area contributed by atoms with Crippen LogP contribution in [0.5, 0.6) is 0 Å². The van der Waals surface area contributed by atoms with Gasteiger partial charge in [0, 0.05) is 0 Å². The monoisotopic (exact) mass is 210 g/mol. The maximum absolute atomic E-state index is 11.8. The number of halogens is 1. The fraction of sp³-hybridized carbons (Fsp3) is 0.538. The summed E-state index contributed by atoms with van der Waals surface area (Å²) in [4.78, 5) is 0. The summed E-state index contributed by atoms with van der Waals surface area (Å²) in [5.74, 6) is 0. The lowest BCUT2D eigenvalue weighted by Crippen LogP contribution is -1.96. The molecule has 0 saturated heterocycles. The lowest BCUT2D eigenvalue weighted by Gasteiger charge is -2.10. The highest BCUT2D eigenvalue weighted by Crippen LogP contribution is 2.19. The third-order valence-electron chi connectivity index (χ3n) is 2.55. The Hall–Kier alpha value is -0.890. The SMILES string of the molecule is OC(CCCCCCF)c1ccccc1. The fourth-order valence-corrected chi connectivity index (χ4v) is 1.63. The van der Waals surface area contributed by atoms with Gasteiger partial charge in [-0.3, -0.25) is 4.39 Å². The number of rotatable bonds is 7. The zero-order valence-electron chi connectivity index (χ0n) is 9.03. The zero-order valence-corrected chi connectivity index (χ0v) is 9.03. The summed E-state index contributed by atoms with van der Waals surface area (Å²) >= 11 is 0. The minimum Gasteiger partial charge on any atom is -0.388 e. The molecular formula is C13H19FO. The predicted octanol–water partition coefficient (Wildman–Crippen LogP) is 3.64. The minimum atomic E-state index is -0.364. The number of unbranched alkanes of at least 4 members (excludes halogenated alkanes) is 3. The van der Waals surface area contributed by atoms with E-state index in [0.717, 1.165) is 31.2 Å². The van der Waals surface area contributed by atoms with Gasteiger partial charge in [0.1, 0.15) is 0 Å². The van der Waals surface area contributed by atoms with Gasteiger partial charge in [0.2, 0.25) is 0 Å². The van der Waals surface area contributed by atoms with Crippen LogP contribution in [0, 0.1) is 0 Å². The Morgan fingerprint density at radius 1 is 1.00 bits per heavy atom. The van der Waals surface area contributed by atoms with Crippen LogP contribution in [0.25, 0.3) is 0 Å². The Labute approximate surface area is 90.9 Å². The number of aliphatic hydroxyl groups is 1. The molecule has 0 bridgehead atoms. The summed E-state index contributed by atoms with van der Waals surface area (Å²) in [5, 5.41) is 9.80. The van der Waals surface area contributed by atoms with Crippen molar-refractivity contribution < 1.29 is 9.50 Å². The largest absolute Gasteiger partial charge is 0.388 e. The molecule has 0 amide bonds. The van der Waals surface area contributed by atoms with Crippen LogP contribution in [0.15, 0.2) is 30.3 Å². The zero-order chi connectivity index (χ0) is 10.9. The fourth-order valence-electron chi connectivity index (χ4n) is 1.63. The molecule has 1 aromatic carbocycles. The molecule has 1 atom stereocenters. The van der Waals surface area contributed by atoms with Crippen LogP contribution in [0.2, 0.25) is 0 Å². The van der Waals surface area contributed by atoms with Crippen molar-refractivity contribution in [3.05, 3.63) is 35.9 Å². The van der Waals surface area contributed by atoms with Gasteiger partial charge in [-0.15, -0.1) is 0 Å². The summed E-state index contributed by atoms with van der Waals surface area (Å²) < 4.78 is 11.8. The minimum absolute atomic E-state index is 0.221. The van der Waals surface area contributed by atoms with Crippen LogP contribution in [0.4, 0.5) is 4.39 Å². The molecule has 0 aliphatic carbocycles. The summed E-state index contributed by atoms with van der Waals surface area (Å²) in [6.07, 6.45) is 3.97. The van der Waals surface area contributed by atoms with Crippen LogP contribution < -0.4 is 0 Å². The average molecular weight is 210 g/mol. The van der Waals surface area contributed by atoms with Gasteiger partial charge in [-0.1, -0.05) is 49.6 Å². The first-order valence-electron chi connectivity index (χ1n) is 5.63. The first-order chi connectivity index (χ1) is 7.34. The Kier molecular flexibility index (Phi) is 6.02. The number of hydrogen-bond acceptors (Lipinski definition) is 1. The standard InChI is InChI=1S/C13H19FO/c14-11-7-2-1-6-10-13(15)12-8-4-3-5-9-12/h3-5,8-9,13,15H,1-2,6-7,10-11H2. The second kappa shape index (κ2) is 7.41. The normalized spacial score (nSPS) is 12.7. The number of hydrogen-bond donors (Lipinski definition) is 1. The first-order valence-corrected chi connectivity index (χ1v) is 5.63. The van der Waals surface area contributed by atoms with Crippen molar-refractivity contribution in [3.63, 3.8) is 0 Å².